The lowest BCUT2D eigenvalue weighted by Gasteiger charge is -2.24. The molecule has 102 valence electrons. The van der Waals surface area contributed by atoms with Crippen LogP contribution in [0.2, 0.25) is 0 Å². The van der Waals surface area contributed by atoms with Gasteiger partial charge in [0.2, 0.25) is 11.5 Å². The molecule has 1 aromatic rings. The highest BCUT2D eigenvalue weighted by atomic mass is 79.9. The number of esters is 1. The zero-order valence-corrected chi connectivity index (χ0v) is 13.7. The second-order valence-corrected chi connectivity index (χ2v) is 7.39. The molecule has 0 fully saturated rings. The van der Waals surface area contributed by atoms with Gasteiger partial charge in [-0.05, 0) is 39.4 Å². The number of methoxy groups -OCH3 is 1. The van der Waals surface area contributed by atoms with Crippen molar-refractivity contribution in [3.63, 3.8) is 0 Å². The number of carbonyl (C=O) groups is 1. The summed E-state index contributed by atoms with van der Waals surface area (Å²) in [6.07, 6.45) is 0. The van der Waals surface area contributed by atoms with Gasteiger partial charge in [-0.15, -0.1) is 11.3 Å². The highest BCUT2D eigenvalue weighted by Crippen LogP contribution is 2.30. The Morgan fingerprint density at radius 3 is 2.79 bits per heavy atom. The van der Waals surface area contributed by atoms with Crippen LogP contribution in [0.4, 0.5) is 0 Å². The third kappa shape index (κ3) is 2.71. The van der Waals surface area contributed by atoms with E-state index in [1.54, 1.807) is 14.0 Å². The molecule has 0 spiro atoms. The maximum Gasteiger partial charge on any atom is 0.359 e. The Morgan fingerprint density at radius 1 is 1.58 bits per heavy atom. The van der Waals surface area contributed by atoms with E-state index in [4.69, 9.17) is 4.74 Å². The van der Waals surface area contributed by atoms with E-state index < -0.39 is 17.5 Å². The number of thiophene rings is 1. The summed E-state index contributed by atoms with van der Waals surface area (Å²) in [5, 5.41) is 0. The van der Waals surface area contributed by atoms with Crippen LogP contribution < -0.4 is 0 Å². The van der Waals surface area contributed by atoms with Crippen LogP contribution in [0.3, 0.4) is 0 Å². The second-order valence-electron chi connectivity index (χ2n) is 3.74. The van der Waals surface area contributed by atoms with Gasteiger partial charge in [-0.1, -0.05) is 0 Å². The number of hydrogen-bond acceptors (Lipinski definition) is 6. The van der Waals surface area contributed by atoms with Gasteiger partial charge in [0.25, 0.3) is 0 Å². The molecule has 1 aliphatic heterocycles. The highest BCUT2D eigenvalue weighted by molar-refractivity contribution is 9.11. The fourth-order valence-corrected chi connectivity index (χ4v) is 4.06. The minimum Gasteiger partial charge on any atom is -0.566 e. The number of carbonyl (C=O) groups excluding carboxylic acids is 1. The van der Waals surface area contributed by atoms with Gasteiger partial charge in [-0.25, -0.2) is 4.79 Å². The molecule has 1 unspecified atom stereocenters. The molecule has 0 amide bonds. The molecule has 1 aromatic heterocycles. The van der Waals surface area contributed by atoms with Crippen molar-refractivity contribution in [3.05, 3.63) is 32.1 Å². The van der Waals surface area contributed by atoms with E-state index in [2.05, 4.69) is 20.3 Å². The van der Waals surface area contributed by atoms with Gasteiger partial charge in [-0.2, -0.15) is 4.31 Å². The number of likely N-dealkylation sites (N-methyl/N-ethyl adjacent to an activating group) is 1. The summed E-state index contributed by atoms with van der Waals surface area (Å²) in [6.45, 7) is 1.77. The van der Waals surface area contributed by atoms with Gasteiger partial charge < -0.3 is 9.29 Å². The molecular weight excluding hydrogens is 352 g/mol. The predicted molar refractivity (Wildman–Crippen MR) is 79.2 cm³/mol. The molecule has 19 heavy (non-hydrogen) atoms. The molecule has 8 heteroatoms. The van der Waals surface area contributed by atoms with Crippen LogP contribution in [0.5, 0.6) is 0 Å². The molecule has 0 bridgehead atoms. The molecule has 2 rings (SSSR count). The Morgan fingerprint density at radius 2 is 2.26 bits per heavy atom. The van der Waals surface area contributed by atoms with Gasteiger partial charge in [0, 0.05) is 5.57 Å². The smallest absolute Gasteiger partial charge is 0.359 e. The van der Waals surface area contributed by atoms with Crippen molar-refractivity contribution in [2.24, 2.45) is 4.40 Å². The number of hydrogen-bond donors (Lipinski definition) is 0. The predicted octanol–water partition coefficient (Wildman–Crippen LogP) is 2.27. The zero-order chi connectivity index (χ0) is 14.2. The first kappa shape index (κ1) is 14.6. The van der Waals surface area contributed by atoms with Crippen molar-refractivity contribution in [1.82, 2.24) is 4.31 Å². The number of halogens is 1. The first-order valence-electron chi connectivity index (χ1n) is 5.25. The lowest BCUT2D eigenvalue weighted by Crippen LogP contribution is -2.35. The summed E-state index contributed by atoms with van der Waals surface area (Å²) in [5.74, 6) is -0.517. The first-order valence-corrected chi connectivity index (χ1v) is 7.92. The Kier molecular flexibility index (Phi) is 4.34. The monoisotopic (exact) mass is 362 g/mol. The number of allylic oxidation sites excluding steroid dienone is 1. The van der Waals surface area contributed by atoms with Crippen molar-refractivity contribution in [2.45, 2.75) is 6.92 Å². The average molecular weight is 363 g/mol. The Hall–Kier alpha value is -0.830. The molecule has 1 aliphatic rings. The standard InChI is InChI=1S/C11H11BrN2O3S2/c1-6-9(7-4-5-8(12)18-7)13-19(16)14(2)10(6)11(15)17-3/h4-5H,1-3H3. The molecule has 0 aromatic carbocycles. The van der Waals surface area contributed by atoms with Gasteiger partial charge >= 0.3 is 5.97 Å². The van der Waals surface area contributed by atoms with E-state index >= 15 is 0 Å². The third-order valence-electron chi connectivity index (χ3n) is 2.61. The van der Waals surface area contributed by atoms with Crippen molar-refractivity contribution >= 4 is 50.5 Å². The minimum absolute atomic E-state index is 0.273. The average Bonchev–Trinajstić information content (AvgIpc) is 2.80. The topological polar surface area (TPSA) is 65.0 Å². The third-order valence-corrected chi connectivity index (χ3v) is 5.23. The quantitative estimate of drug-likeness (QED) is 0.597. The van der Waals surface area contributed by atoms with Crippen LogP contribution in [0.1, 0.15) is 11.8 Å². The molecular formula is C11H11BrN2O3S2. The number of ether oxygens (including phenoxy) is 1. The Bertz CT molecular complexity index is 582. The van der Waals surface area contributed by atoms with Gasteiger partial charge in [0.05, 0.1) is 22.8 Å². The summed E-state index contributed by atoms with van der Waals surface area (Å²) in [6, 6.07) is 3.75. The van der Waals surface area contributed by atoms with Crippen LogP contribution in [0.25, 0.3) is 0 Å². The molecule has 0 saturated carbocycles. The molecule has 1 atom stereocenters. The largest absolute Gasteiger partial charge is 0.566 e. The second kappa shape index (κ2) is 5.66. The van der Waals surface area contributed by atoms with Crippen molar-refractivity contribution in [2.75, 3.05) is 14.2 Å². The molecule has 0 saturated heterocycles. The lowest BCUT2D eigenvalue weighted by atomic mass is 10.1. The molecule has 0 aliphatic carbocycles. The van der Waals surface area contributed by atoms with E-state index in [1.165, 1.54) is 22.8 Å². The van der Waals surface area contributed by atoms with Crippen LogP contribution in [0, 0.1) is 0 Å². The molecule has 0 N–H and O–H groups in total. The normalized spacial score (nSPS) is 19.5. The Balaban J connectivity index is 2.52. The van der Waals surface area contributed by atoms with Crippen molar-refractivity contribution < 1.29 is 14.1 Å². The van der Waals surface area contributed by atoms with Gasteiger partial charge in [0.1, 0.15) is 5.71 Å². The summed E-state index contributed by atoms with van der Waals surface area (Å²) >= 11 is 3.22. The van der Waals surface area contributed by atoms with E-state index in [9.17, 15) is 9.35 Å². The lowest BCUT2D eigenvalue weighted by molar-refractivity contribution is -0.137. The maximum absolute atomic E-state index is 12.0. The summed E-state index contributed by atoms with van der Waals surface area (Å²) < 4.78 is 23.1. The summed E-state index contributed by atoms with van der Waals surface area (Å²) in [7, 11) is 2.85. The first-order chi connectivity index (χ1) is 8.95. The highest BCUT2D eigenvalue weighted by Gasteiger charge is 2.35. The maximum atomic E-state index is 12.0. The van der Waals surface area contributed by atoms with E-state index in [0.717, 1.165) is 8.66 Å². The fourth-order valence-electron chi connectivity index (χ4n) is 1.68. The van der Waals surface area contributed by atoms with E-state index in [-0.39, 0.29) is 5.70 Å². The summed E-state index contributed by atoms with van der Waals surface area (Å²) in [4.78, 5) is 12.7. The molecule has 5 nitrogen and oxygen atoms in total. The minimum atomic E-state index is -1.63. The van der Waals surface area contributed by atoms with Gasteiger partial charge in [0.15, 0.2) is 5.70 Å². The van der Waals surface area contributed by atoms with E-state index in [1.807, 2.05) is 12.1 Å². The molecule has 0 radical (unpaired) electrons. The number of rotatable bonds is 2. The SMILES string of the molecule is COC(=O)C1=C(C)C(c2ccc(Br)s2)=N[S+]([O-])N1C. The van der Waals surface area contributed by atoms with Crippen LogP contribution >= 0.6 is 27.3 Å². The fraction of sp³-hybridized carbons (Fsp3) is 0.273. The van der Waals surface area contributed by atoms with E-state index in [0.29, 0.717) is 11.3 Å². The van der Waals surface area contributed by atoms with Gasteiger partial charge in [-0.3, -0.25) is 0 Å². The van der Waals surface area contributed by atoms with Crippen LogP contribution in [-0.4, -0.2) is 34.7 Å². The zero-order valence-electron chi connectivity index (χ0n) is 10.5. The molecule has 2 heterocycles. The van der Waals surface area contributed by atoms with Crippen LogP contribution in [0.15, 0.2) is 31.6 Å². The van der Waals surface area contributed by atoms with Crippen molar-refractivity contribution in [1.29, 1.82) is 0 Å². The van der Waals surface area contributed by atoms with Crippen molar-refractivity contribution in [3.8, 4) is 0 Å². The number of nitrogens with zero attached hydrogens (tertiary/aromatic N) is 2. The Labute approximate surface area is 126 Å². The van der Waals surface area contributed by atoms with Crippen LogP contribution in [-0.2, 0) is 21.1 Å². The summed E-state index contributed by atoms with van der Waals surface area (Å²) in [5.41, 5.74) is 1.49.